The molecule has 0 saturated carbocycles. The smallest absolute Gasteiger partial charge is 0.335 e. The highest BCUT2D eigenvalue weighted by molar-refractivity contribution is 6.39. The van der Waals surface area contributed by atoms with Crippen LogP contribution in [-0.2, 0) is 9.59 Å². The molecule has 7 nitrogen and oxygen atoms in total. The van der Waals surface area contributed by atoms with Crippen molar-refractivity contribution < 1.29 is 23.9 Å². The summed E-state index contributed by atoms with van der Waals surface area (Å²) in [6.07, 6.45) is 1.22. The largest absolute Gasteiger partial charge is 0.493 e. The van der Waals surface area contributed by atoms with E-state index in [1.807, 2.05) is 13.8 Å². The van der Waals surface area contributed by atoms with Crippen molar-refractivity contribution in [3.05, 3.63) is 58.6 Å². The summed E-state index contributed by atoms with van der Waals surface area (Å²) in [6.45, 7) is 3.70. The molecular formula is C21H19ClN2O5. The van der Waals surface area contributed by atoms with E-state index in [1.165, 1.54) is 25.3 Å². The molecule has 0 radical (unpaired) electrons. The lowest BCUT2D eigenvalue weighted by atomic mass is 10.1. The predicted molar refractivity (Wildman–Crippen MR) is 109 cm³/mol. The van der Waals surface area contributed by atoms with Crippen molar-refractivity contribution in [3.63, 3.8) is 0 Å². The number of halogens is 1. The number of barbiturate groups is 1. The van der Waals surface area contributed by atoms with Crippen LogP contribution in [0.15, 0.2) is 48.0 Å². The summed E-state index contributed by atoms with van der Waals surface area (Å²) in [6, 6.07) is 10.4. The van der Waals surface area contributed by atoms with Gasteiger partial charge in [-0.3, -0.25) is 14.9 Å². The first-order valence-corrected chi connectivity index (χ1v) is 9.20. The number of nitrogens with one attached hydrogen (secondary N) is 1. The Morgan fingerprint density at radius 2 is 1.76 bits per heavy atom. The summed E-state index contributed by atoms with van der Waals surface area (Å²) in [7, 11) is 1.50. The lowest BCUT2D eigenvalue weighted by Crippen LogP contribution is -2.54. The Labute approximate surface area is 172 Å². The van der Waals surface area contributed by atoms with E-state index in [0.717, 1.165) is 4.90 Å². The van der Waals surface area contributed by atoms with Crippen LogP contribution in [0.2, 0.25) is 5.02 Å². The Morgan fingerprint density at radius 1 is 1.07 bits per heavy atom. The van der Waals surface area contributed by atoms with Crippen molar-refractivity contribution in [1.29, 1.82) is 0 Å². The number of amides is 4. The monoisotopic (exact) mass is 414 g/mol. The lowest BCUT2D eigenvalue weighted by Gasteiger charge is -2.26. The molecule has 1 N–H and O–H groups in total. The van der Waals surface area contributed by atoms with Gasteiger partial charge in [-0.2, -0.15) is 0 Å². The number of benzene rings is 2. The zero-order chi connectivity index (χ0) is 21.1. The number of hydrogen-bond acceptors (Lipinski definition) is 5. The lowest BCUT2D eigenvalue weighted by molar-refractivity contribution is -0.122. The molecule has 2 aromatic rings. The van der Waals surface area contributed by atoms with E-state index in [9.17, 15) is 14.4 Å². The summed E-state index contributed by atoms with van der Waals surface area (Å²) < 4.78 is 11.1. The van der Waals surface area contributed by atoms with Crippen LogP contribution in [0.5, 0.6) is 11.5 Å². The molecule has 0 bridgehead atoms. The number of nitrogens with zero attached hydrogens (tertiary/aromatic N) is 1. The van der Waals surface area contributed by atoms with Crippen molar-refractivity contribution in [1.82, 2.24) is 5.32 Å². The maximum Gasteiger partial charge on any atom is 0.335 e. The topological polar surface area (TPSA) is 84.9 Å². The van der Waals surface area contributed by atoms with Gasteiger partial charge in [0.05, 0.1) is 18.9 Å². The summed E-state index contributed by atoms with van der Waals surface area (Å²) in [4.78, 5) is 38.6. The summed E-state index contributed by atoms with van der Waals surface area (Å²) in [5, 5.41) is 2.64. The Balaban J connectivity index is 2.06. The van der Waals surface area contributed by atoms with E-state index in [-0.39, 0.29) is 11.7 Å². The van der Waals surface area contributed by atoms with Crippen LogP contribution < -0.4 is 19.7 Å². The first kappa shape index (κ1) is 20.4. The molecule has 0 spiro atoms. The molecule has 2 aromatic carbocycles. The quantitative estimate of drug-likeness (QED) is 0.594. The molecule has 4 amide bonds. The van der Waals surface area contributed by atoms with Gasteiger partial charge in [-0.15, -0.1) is 0 Å². The normalized spacial score (nSPS) is 15.7. The van der Waals surface area contributed by atoms with Crippen LogP contribution in [-0.4, -0.2) is 31.1 Å². The van der Waals surface area contributed by atoms with Crippen molar-refractivity contribution in [3.8, 4) is 11.5 Å². The first-order valence-electron chi connectivity index (χ1n) is 8.82. The molecule has 8 heteroatoms. The number of ether oxygens (including phenoxy) is 2. The second kappa shape index (κ2) is 8.36. The van der Waals surface area contributed by atoms with E-state index in [0.29, 0.717) is 27.8 Å². The molecule has 1 aliphatic heterocycles. The molecule has 1 aliphatic rings. The van der Waals surface area contributed by atoms with E-state index < -0.39 is 17.8 Å². The fourth-order valence-electron chi connectivity index (χ4n) is 2.81. The highest BCUT2D eigenvalue weighted by atomic mass is 35.5. The zero-order valence-corrected chi connectivity index (χ0v) is 16.8. The number of rotatable bonds is 5. The van der Waals surface area contributed by atoms with Gasteiger partial charge in [-0.05, 0) is 50.3 Å². The summed E-state index contributed by atoms with van der Waals surface area (Å²) in [5.74, 6) is -0.682. The molecule has 1 heterocycles. The SMILES string of the molecule is COc1cccc(/C=C2\C(=O)NC(=O)N(c3ccc(Cl)cc3)C2=O)c1OC(C)C. The van der Waals surface area contributed by atoms with Crippen LogP contribution in [0.1, 0.15) is 19.4 Å². The van der Waals surface area contributed by atoms with Gasteiger partial charge in [0.15, 0.2) is 11.5 Å². The van der Waals surface area contributed by atoms with E-state index >= 15 is 0 Å². The summed E-state index contributed by atoms with van der Waals surface area (Å²) >= 11 is 5.87. The molecule has 29 heavy (non-hydrogen) atoms. The van der Waals surface area contributed by atoms with Crippen molar-refractivity contribution >= 4 is 41.2 Å². The highest BCUT2D eigenvalue weighted by Crippen LogP contribution is 2.34. The minimum atomic E-state index is -0.830. The maximum absolute atomic E-state index is 13.0. The molecular weight excluding hydrogens is 396 g/mol. The number of carbonyl (C=O) groups excluding carboxylic acids is 3. The zero-order valence-electron chi connectivity index (χ0n) is 16.1. The van der Waals surface area contributed by atoms with Gasteiger partial charge in [0.2, 0.25) is 0 Å². The fraction of sp³-hybridized carbons (Fsp3) is 0.190. The van der Waals surface area contributed by atoms with Crippen LogP contribution in [0.25, 0.3) is 6.08 Å². The van der Waals surface area contributed by atoms with E-state index in [2.05, 4.69) is 5.32 Å². The van der Waals surface area contributed by atoms with Gasteiger partial charge < -0.3 is 9.47 Å². The van der Waals surface area contributed by atoms with Crippen LogP contribution in [0.4, 0.5) is 10.5 Å². The van der Waals surface area contributed by atoms with Crippen LogP contribution in [0.3, 0.4) is 0 Å². The van der Waals surface area contributed by atoms with Gasteiger partial charge >= 0.3 is 6.03 Å². The molecule has 1 fully saturated rings. The van der Waals surface area contributed by atoms with Gasteiger partial charge in [0.1, 0.15) is 5.57 Å². The predicted octanol–water partition coefficient (Wildman–Crippen LogP) is 3.80. The van der Waals surface area contributed by atoms with Crippen molar-refractivity contribution in [2.24, 2.45) is 0 Å². The number of para-hydroxylation sites is 1. The molecule has 0 atom stereocenters. The van der Waals surface area contributed by atoms with Gasteiger partial charge in [-0.25, -0.2) is 9.69 Å². The molecule has 1 saturated heterocycles. The first-order chi connectivity index (χ1) is 13.8. The minimum absolute atomic E-state index is 0.161. The van der Waals surface area contributed by atoms with Gasteiger partial charge in [-0.1, -0.05) is 23.7 Å². The number of urea groups is 1. The third kappa shape index (κ3) is 4.25. The minimum Gasteiger partial charge on any atom is -0.493 e. The Kier molecular flexibility index (Phi) is 5.89. The molecule has 0 aliphatic carbocycles. The number of anilines is 1. The van der Waals surface area contributed by atoms with Crippen LogP contribution in [0, 0.1) is 0 Å². The number of carbonyl (C=O) groups is 3. The second-order valence-corrected chi connectivity index (χ2v) is 6.92. The molecule has 0 unspecified atom stereocenters. The van der Waals surface area contributed by atoms with Crippen LogP contribution >= 0.6 is 11.6 Å². The number of hydrogen-bond donors (Lipinski definition) is 1. The van der Waals surface area contributed by atoms with Gasteiger partial charge in [0.25, 0.3) is 11.8 Å². The van der Waals surface area contributed by atoms with Crippen molar-refractivity contribution in [2.45, 2.75) is 20.0 Å². The number of imide groups is 2. The molecule has 3 rings (SSSR count). The maximum atomic E-state index is 13.0. The molecule has 0 aromatic heterocycles. The second-order valence-electron chi connectivity index (χ2n) is 6.48. The third-order valence-corrected chi connectivity index (χ3v) is 4.32. The fourth-order valence-corrected chi connectivity index (χ4v) is 2.93. The highest BCUT2D eigenvalue weighted by Gasteiger charge is 2.37. The summed E-state index contributed by atoms with van der Waals surface area (Å²) in [5.41, 5.74) is 0.558. The standard InChI is InChI=1S/C21H19ClN2O5/c1-12(2)29-18-13(5-4-6-17(18)28-3)11-16-19(25)23-21(27)24(20(16)26)15-9-7-14(22)8-10-15/h4-12H,1-3H3,(H,23,25,27)/b16-11+. The van der Waals surface area contributed by atoms with Crippen molar-refractivity contribution in [2.75, 3.05) is 12.0 Å². The molecule has 150 valence electrons. The average Bonchev–Trinajstić information content (AvgIpc) is 2.67. The van der Waals surface area contributed by atoms with Gasteiger partial charge in [0, 0.05) is 10.6 Å². The Morgan fingerprint density at radius 3 is 2.38 bits per heavy atom. The Hall–Kier alpha value is -3.32. The number of methoxy groups -OCH3 is 1. The third-order valence-electron chi connectivity index (χ3n) is 4.07. The Bertz CT molecular complexity index is 999. The van der Waals surface area contributed by atoms with E-state index in [4.69, 9.17) is 21.1 Å². The van der Waals surface area contributed by atoms with E-state index in [1.54, 1.807) is 30.3 Å². The average molecular weight is 415 g/mol.